The Morgan fingerprint density at radius 1 is 1.16 bits per heavy atom. The Morgan fingerprint density at radius 2 is 1.88 bits per heavy atom. The van der Waals surface area contributed by atoms with Crippen LogP contribution in [0.2, 0.25) is 0 Å². The van der Waals surface area contributed by atoms with Crippen LogP contribution in [-0.2, 0) is 11.3 Å². The van der Waals surface area contributed by atoms with Crippen LogP contribution in [0.15, 0.2) is 54.9 Å². The predicted octanol–water partition coefficient (Wildman–Crippen LogP) is 5.10. The van der Waals surface area contributed by atoms with Crippen molar-refractivity contribution in [2.75, 3.05) is 13.1 Å². The van der Waals surface area contributed by atoms with Crippen molar-refractivity contribution in [3.05, 3.63) is 60.4 Å². The Balaban J connectivity index is 1.45. The van der Waals surface area contributed by atoms with E-state index in [1.165, 1.54) is 0 Å². The molecule has 1 aliphatic heterocycles. The van der Waals surface area contributed by atoms with Crippen LogP contribution in [0.1, 0.15) is 39.2 Å². The van der Waals surface area contributed by atoms with E-state index < -0.39 is 5.60 Å². The third-order valence-electron chi connectivity index (χ3n) is 5.75. The second-order valence-electron chi connectivity index (χ2n) is 9.45. The molecule has 0 spiro atoms. The molecule has 6 nitrogen and oxygen atoms in total. The maximum atomic E-state index is 12.0. The van der Waals surface area contributed by atoms with Gasteiger partial charge in [-0.1, -0.05) is 30.3 Å². The molecule has 1 fully saturated rings. The van der Waals surface area contributed by atoms with E-state index in [1.54, 1.807) is 12.3 Å². The quantitative estimate of drug-likeness (QED) is 0.599. The fourth-order valence-electron chi connectivity index (χ4n) is 4.18. The minimum atomic E-state index is -0.494. The molecule has 1 saturated heterocycles. The number of aromatic hydroxyl groups is 1. The number of alkyl carbamates (subject to hydrolysis) is 1. The summed E-state index contributed by atoms with van der Waals surface area (Å²) in [5.74, 6) is 0.290. The molecule has 2 aromatic carbocycles. The number of rotatable bonds is 4. The smallest absolute Gasteiger partial charge is 0.407 e. The van der Waals surface area contributed by atoms with Crippen LogP contribution in [0.4, 0.5) is 4.79 Å². The van der Waals surface area contributed by atoms with Gasteiger partial charge in [-0.25, -0.2) is 4.79 Å². The first kappa shape index (κ1) is 22.1. The number of hydrogen-bond donors (Lipinski definition) is 2. The number of amides is 1. The fraction of sp³-hybridized carbons (Fsp3) is 0.385. The molecule has 1 aromatic heterocycles. The summed E-state index contributed by atoms with van der Waals surface area (Å²) in [7, 11) is 0. The summed E-state index contributed by atoms with van der Waals surface area (Å²) in [4.78, 5) is 18.7. The van der Waals surface area contributed by atoms with Crippen molar-refractivity contribution >= 4 is 16.9 Å². The lowest BCUT2D eigenvalue weighted by Crippen LogP contribution is -2.45. The highest BCUT2D eigenvalue weighted by molar-refractivity contribution is 5.97. The zero-order chi connectivity index (χ0) is 22.7. The van der Waals surface area contributed by atoms with E-state index in [2.05, 4.69) is 33.4 Å². The Hall–Kier alpha value is -3.12. The van der Waals surface area contributed by atoms with Gasteiger partial charge in [0.15, 0.2) is 0 Å². The maximum absolute atomic E-state index is 12.0. The lowest BCUT2D eigenvalue weighted by atomic mass is 9.98. The van der Waals surface area contributed by atoms with Crippen molar-refractivity contribution < 1.29 is 14.6 Å². The standard InChI is InChI=1S/C26H31N3O3/c1-26(2,3)32-25(31)28-21-9-11-29(12-10-21)17-20-13-22-19(14-24(20)30)15-27-16-23(22)18-7-5-4-6-8-18/h4-8,13-16,21,30H,9-12,17H2,1-3H3,(H,28,31). The number of benzene rings is 2. The average Bonchev–Trinajstić information content (AvgIpc) is 2.74. The van der Waals surface area contributed by atoms with Gasteiger partial charge in [-0.05, 0) is 56.7 Å². The van der Waals surface area contributed by atoms with E-state index in [0.29, 0.717) is 12.3 Å². The van der Waals surface area contributed by atoms with Gasteiger partial charge in [-0.2, -0.15) is 0 Å². The van der Waals surface area contributed by atoms with E-state index in [0.717, 1.165) is 53.4 Å². The van der Waals surface area contributed by atoms with Crippen molar-refractivity contribution in [2.24, 2.45) is 0 Å². The molecule has 0 bridgehead atoms. The van der Waals surface area contributed by atoms with Gasteiger partial charge in [0.05, 0.1) is 0 Å². The molecular weight excluding hydrogens is 402 g/mol. The number of piperidine rings is 1. The molecule has 0 saturated carbocycles. The number of carbonyl (C=O) groups is 1. The normalized spacial score (nSPS) is 15.6. The number of fused-ring (bicyclic) bond motifs is 1. The topological polar surface area (TPSA) is 74.7 Å². The van der Waals surface area contributed by atoms with E-state index in [-0.39, 0.29) is 12.1 Å². The molecule has 32 heavy (non-hydrogen) atoms. The molecule has 1 aliphatic rings. The Kier molecular flexibility index (Phi) is 6.33. The molecule has 0 unspecified atom stereocenters. The zero-order valence-corrected chi connectivity index (χ0v) is 19.0. The molecular formula is C26H31N3O3. The first-order valence-electron chi connectivity index (χ1n) is 11.2. The highest BCUT2D eigenvalue weighted by Crippen LogP contribution is 2.33. The van der Waals surface area contributed by atoms with Gasteiger partial charge >= 0.3 is 6.09 Å². The third kappa shape index (κ3) is 5.37. The fourth-order valence-corrected chi connectivity index (χ4v) is 4.18. The molecule has 168 valence electrons. The summed E-state index contributed by atoms with van der Waals surface area (Å²) < 4.78 is 5.37. The van der Waals surface area contributed by atoms with Crippen LogP contribution in [0, 0.1) is 0 Å². The molecule has 2 N–H and O–H groups in total. The number of likely N-dealkylation sites (tertiary alicyclic amines) is 1. The van der Waals surface area contributed by atoms with Crippen LogP contribution < -0.4 is 5.32 Å². The second kappa shape index (κ2) is 9.17. The molecule has 0 atom stereocenters. The predicted molar refractivity (Wildman–Crippen MR) is 127 cm³/mol. The van der Waals surface area contributed by atoms with E-state index in [4.69, 9.17) is 4.74 Å². The van der Waals surface area contributed by atoms with E-state index in [9.17, 15) is 9.90 Å². The molecule has 1 amide bonds. The first-order valence-corrected chi connectivity index (χ1v) is 11.2. The number of phenols is 1. The second-order valence-corrected chi connectivity index (χ2v) is 9.45. The number of nitrogens with one attached hydrogen (secondary N) is 1. The molecule has 2 heterocycles. The van der Waals surface area contributed by atoms with Crippen LogP contribution >= 0.6 is 0 Å². The number of pyridine rings is 1. The Bertz CT molecular complexity index is 1080. The Morgan fingerprint density at radius 3 is 2.56 bits per heavy atom. The maximum Gasteiger partial charge on any atom is 0.407 e. The third-order valence-corrected chi connectivity index (χ3v) is 5.75. The van der Waals surface area contributed by atoms with Crippen LogP contribution in [-0.4, -0.2) is 45.8 Å². The van der Waals surface area contributed by atoms with Gasteiger partial charge in [0, 0.05) is 54.6 Å². The van der Waals surface area contributed by atoms with Crippen molar-refractivity contribution in [1.29, 1.82) is 0 Å². The average molecular weight is 434 g/mol. The van der Waals surface area contributed by atoms with Crippen LogP contribution in [0.25, 0.3) is 21.9 Å². The summed E-state index contributed by atoms with van der Waals surface area (Å²) in [5.41, 5.74) is 2.58. The highest BCUT2D eigenvalue weighted by Gasteiger charge is 2.24. The number of ether oxygens (including phenoxy) is 1. The van der Waals surface area contributed by atoms with Crippen molar-refractivity contribution in [3.8, 4) is 16.9 Å². The minimum Gasteiger partial charge on any atom is -0.508 e. The van der Waals surface area contributed by atoms with E-state index in [1.807, 2.05) is 45.2 Å². The van der Waals surface area contributed by atoms with Crippen molar-refractivity contribution in [3.63, 3.8) is 0 Å². The minimum absolute atomic E-state index is 0.113. The summed E-state index contributed by atoms with van der Waals surface area (Å²) in [6.45, 7) is 7.95. The Labute approximate surface area is 189 Å². The van der Waals surface area contributed by atoms with Crippen molar-refractivity contribution in [2.45, 2.75) is 51.8 Å². The van der Waals surface area contributed by atoms with Crippen LogP contribution in [0.3, 0.4) is 0 Å². The van der Waals surface area contributed by atoms with Gasteiger partial charge in [0.2, 0.25) is 0 Å². The molecule has 0 aliphatic carbocycles. The monoisotopic (exact) mass is 433 g/mol. The molecule has 4 rings (SSSR count). The lowest BCUT2D eigenvalue weighted by Gasteiger charge is -2.33. The van der Waals surface area contributed by atoms with Gasteiger partial charge in [0.25, 0.3) is 0 Å². The largest absolute Gasteiger partial charge is 0.508 e. The summed E-state index contributed by atoms with van der Waals surface area (Å²) in [6.07, 6.45) is 5.02. The van der Waals surface area contributed by atoms with Gasteiger partial charge < -0.3 is 15.2 Å². The number of phenolic OH excluding ortho intramolecular Hbond substituents is 1. The number of hydrogen-bond acceptors (Lipinski definition) is 5. The van der Waals surface area contributed by atoms with Gasteiger partial charge in [-0.3, -0.25) is 9.88 Å². The van der Waals surface area contributed by atoms with E-state index >= 15 is 0 Å². The van der Waals surface area contributed by atoms with Gasteiger partial charge in [0.1, 0.15) is 11.4 Å². The number of aromatic nitrogens is 1. The summed E-state index contributed by atoms with van der Waals surface area (Å²) >= 11 is 0. The van der Waals surface area contributed by atoms with Crippen molar-refractivity contribution in [1.82, 2.24) is 15.2 Å². The first-order chi connectivity index (χ1) is 15.3. The number of carbonyl (C=O) groups excluding carboxylic acids is 1. The molecule has 6 heteroatoms. The highest BCUT2D eigenvalue weighted by atomic mass is 16.6. The lowest BCUT2D eigenvalue weighted by molar-refractivity contribution is 0.0477. The molecule has 0 radical (unpaired) electrons. The SMILES string of the molecule is CC(C)(C)OC(=O)NC1CCN(Cc2cc3c(-c4ccccc4)cncc3cc2O)CC1. The zero-order valence-electron chi connectivity index (χ0n) is 19.0. The van der Waals surface area contributed by atoms with Crippen LogP contribution in [0.5, 0.6) is 5.75 Å². The number of nitrogens with zero attached hydrogens (tertiary/aromatic N) is 2. The summed E-state index contributed by atoms with van der Waals surface area (Å²) in [5, 5.41) is 15.6. The van der Waals surface area contributed by atoms with Gasteiger partial charge in [-0.15, -0.1) is 0 Å². The summed E-state index contributed by atoms with van der Waals surface area (Å²) in [6, 6.07) is 14.2. The molecule has 3 aromatic rings.